The molecule has 0 aliphatic carbocycles. The smallest absolute Gasteiger partial charge is 0.307 e. The number of nitrogens with zero attached hydrogens (tertiary/aromatic N) is 1. The van der Waals surface area contributed by atoms with Crippen LogP contribution < -0.4 is 4.74 Å². The highest BCUT2D eigenvalue weighted by atomic mass is 16.5. The number of hydrogen-bond donors (Lipinski definition) is 2. The van der Waals surface area contributed by atoms with Gasteiger partial charge in [-0.25, -0.2) is 0 Å². The monoisotopic (exact) mass is 207 g/mol. The maximum absolute atomic E-state index is 10.5. The Morgan fingerprint density at radius 1 is 1.60 bits per heavy atom. The van der Waals surface area contributed by atoms with Crippen LogP contribution in [0.4, 0.5) is 0 Å². The van der Waals surface area contributed by atoms with Crippen molar-refractivity contribution >= 4 is 5.97 Å². The van der Waals surface area contributed by atoms with E-state index in [9.17, 15) is 9.90 Å². The van der Waals surface area contributed by atoms with Crippen molar-refractivity contribution in [1.29, 1.82) is 5.26 Å². The first kappa shape index (κ1) is 10.9. The van der Waals surface area contributed by atoms with Gasteiger partial charge < -0.3 is 14.9 Å². The number of carbonyl (C=O) groups is 1. The van der Waals surface area contributed by atoms with Crippen LogP contribution >= 0.6 is 0 Å². The van der Waals surface area contributed by atoms with Gasteiger partial charge in [-0.15, -0.1) is 0 Å². The third kappa shape index (κ3) is 2.38. The second-order valence-corrected chi connectivity index (χ2v) is 2.87. The molecule has 0 saturated carbocycles. The van der Waals surface area contributed by atoms with Crippen molar-refractivity contribution in [3.05, 3.63) is 23.3 Å². The van der Waals surface area contributed by atoms with Gasteiger partial charge in [-0.05, 0) is 6.07 Å². The average Bonchev–Trinajstić information content (AvgIpc) is 2.20. The molecule has 0 amide bonds. The zero-order valence-electron chi connectivity index (χ0n) is 8.02. The molecule has 78 valence electrons. The Labute approximate surface area is 86.1 Å². The summed E-state index contributed by atoms with van der Waals surface area (Å²) in [5.74, 6) is -1.22. The SMILES string of the molecule is COc1cc(C#N)cc(CC(=O)O)c1O. The number of nitriles is 1. The molecule has 0 saturated heterocycles. The number of hydrogen-bond acceptors (Lipinski definition) is 4. The average molecular weight is 207 g/mol. The molecule has 0 spiro atoms. The van der Waals surface area contributed by atoms with Gasteiger partial charge in [-0.2, -0.15) is 5.26 Å². The molecule has 0 fully saturated rings. The van der Waals surface area contributed by atoms with Crippen molar-refractivity contribution in [2.75, 3.05) is 7.11 Å². The zero-order valence-corrected chi connectivity index (χ0v) is 8.02. The van der Waals surface area contributed by atoms with Crippen molar-refractivity contribution in [2.24, 2.45) is 0 Å². The maximum Gasteiger partial charge on any atom is 0.307 e. The number of aromatic hydroxyl groups is 1. The molecule has 0 atom stereocenters. The van der Waals surface area contributed by atoms with E-state index in [2.05, 4.69) is 0 Å². The lowest BCUT2D eigenvalue weighted by Crippen LogP contribution is -2.01. The van der Waals surface area contributed by atoms with Crippen molar-refractivity contribution in [2.45, 2.75) is 6.42 Å². The molecule has 0 aromatic heterocycles. The topological polar surface area (TPSA) is 90.5 Å². The van der Waals surface area contributed by atoms with Crippen LogP contribution in [0.2, 0.25) is 0 Å². The predicted octanol–water partition coefficient (Wildman–Crippen LogP) is 0.900. The number of phenolic OH excluding ortho intramolecular Hbond substituents is 1. The molecule has 0 aliphatic rings. The van der Waals surface area contributed by atoms with Crippen LogP contribution in [0.15, 0.2) is 12.1 Å². The highest BCUT2D eigenvalue weighted by Gasteiger charge is 2.13. The lowest BCUT2D eigenvalue weighted by molar-refractivity contribution is -0.136. The van der Waals surface area contributed by atoms with Gasteiger partial charge in [-0.1, -0.05) is 0 Å². The Hall–Kier alpha value is -2.22. The van der Waals surface area contributed by atoms with Crippen molar-refractivity contribution in [3.63, 3.8) is 0 Å². The molecule has 1 rings (SSSR count). The molecule has 5 heteroatoms. The summed E-state index contributed by atoms with van der Waals surface area (Å²) < 4.78 is 4.82. The Morgan fingerprint density at radius 3 is 2.73 bits per heavy atom. The van der Waals surface area contributed by atoms with Gasteiger partial charge in [0.2, 0.25) is 0 Å². The summed E-state index contributed by atoms with van der Waals surface area (Å²) in [7, 11) is 1.33. The Balaban J connectivity index is 3.25. The first-order valence-electron chi connectivity index (χ1n) is 4.10. The van der Waals surface area contributed by atoms with Crippen molar-refractivity contribution in [1.82, 2.24) is 0 Å². The molecule has 0 bridgehead atoms. The van der Waals surface area contributed by atoms with Crippen LogP contribution in [-0.4, -0.2) is 23.3 Å². The normalized spacial score (nSPS) is 9.33. The fourth-order valence-electron chi connectivity index (χ4n) is 1.18. The first-order valence-corrected chi connectivity index (χ1v) is 4.10. The van der Waals surface area contributed by atoms with E-state index in [0.29, 0.717) is 0 Å². The maximum atomic E-state index is 10.5. The highest BCUT2D eigenvalue weighted by molar-refractivity contribution is 5.72. The minimum atomic E-state index is -1.08. The fourth-order valence-corrected chi connectivity index (χ4v) is 1.18. The summed E-state index contributed by atoms with van der Waals surface area (Å²) in [4.78, 5) is 10.5. The van der Waals surface area contributed by atoms with E-state index in [0.717, 1.165) is 0 Å². The minimum Gasteiger partial charge on any atom is -0.504 e. The third-order valence-electron chi connectivity index (χ3n) is 1.84. The predicted molar refractivity (Wildman–Crippen MR) is 50.7 cm³/mol. The number of methoxy groups -OCH3 is 1. The first-order chi connectivity index (χ1) is 7.08. The number of aliphatic carboxylic acids is 1. The molecule has 0 unspecified atom stereocenters. The van der Waals surface area contributed by atoms with Gasteiger partial charge in [0.15, 0.2) is 11.5 Å². The van der Waals surface area contributed by atoms with Crippen LogP contribution in [0, 0.1) is 11.3 Å². The number of rotatable bonds is 3. The van der Waals surface area contributed by atoms with E-state index < -0.39 is 5.97 Å². The molecule has 0 aliphatic heterocycles. The third-order valence-corrected chi connectivity index (χ3v) is 1.84. The second kappa shape index (κ2) is 4.33. The Bertz CT molecular complexity index is 434. The van der Waals surface area contributed by atoms with Gasteiger partial charge in [-0.3, -0.25) is 4.79 Å². The Morgan fingerprint density at radius 2 is 2.27 bits per heavy atom. The number of benzene rings is 1. The molecule has 0 radical (unpaired) electrons. The highest BCUT2D eigenvalue weighted by Crippen LogP contribution is 2.31. The molecular weight excluding hydrogens is 198 g/mol. The summed E-state index contributed by atoms with van der Waals surface area (Å²) in [6.45, 7) is 0. The van der Waals surface area contributed by atoms with Crippen LogP contribution in [0.25, 0.3) is 0 Å². The van der Waals surface area contributed by atoms with E-state index in [1.807, 2.05) is 6.07 Å². The number of carboxylic acids is 1. The number of carboxylic acid groups (broad SMARTS) is 1. The zero-order chi connectivity index (χ0) is 11.4. The van der Waals surface area contributed by atoms with Crippen LogP contribution in [-0.2, 0) is 11.2 Å². The van der Waals surface area contributed by atoms with Gasteiger partial charge in [0, 0.05) is 11.6 Å². The van der Waals surface area contributed by atoms with E-state index in [1.54, 1.807) is 0 Å². The van der Waals surface area contributed by atoms with Gasteiger partial charge in [0.25, 0.3) is 0 Å². The second-order valence-electron chi connectivity index (χ2n) is 2.87. The number of ether oxygens (including phenoxy) is 1. The summed E-state index contributed by atoms with van der Waals surface area (Å²) >= 11 is 0. The number of phenols is 1. The van der Waals surface area contributed by atoms with Gasteiger partial charge in [0.1, 0.15) is 0 Å². The van der Waals surface area contributed by atoms with E-state index in [-0.39, 0.29) is 29.0 Å². The van der Waals surface area contributed by atoms with Gasteiger partial charge in [0.05, 0.1) is 25.2 Å². The largest absolute Gasteiger partial charge is 0.504 e. The molecule has 5 nitrogen and oxygen atoms in total. The van der Waals surface area contributed by atoms with Crippen LogP contribution in [0.3, 0.4) is 0 Å². The molecule has 15 heavy (non-hydrogen) atoms. The fraction of sp³-hybridized carbons (Fsp3) is 0.200. The van der Waals surface area contributed by atoms with E-state index in [1.165, 1.54) is 19.2 Å². The van der Waals surface area contributed by atoms with Crippen molar-refractivity contribution in [3.8, 4) is 17.6 Å². The quantitative estimate of drug-likeness (QED) is 0.768. The molecular formula is C10H9NO4. The summed E-state index contributed by atoms with van der Waals surface area (Å²) in [5, 5.41) is 26.8. The Kier molecular flexibility index (Phi) is 3.13. The lowest BCUT2D eigenvalue weighted by atomic mass is 10.1. The molecule has 2 N–H and O–H groups in total. The molecule has 0 heterocycles. The van der Waals surface area contributed by atoms with Crippen molar-refractivity contribution < 1.29 is 19.7 Å². The standard InChI is InChI=1S/C10H9NO4/c1-15-8-3-6(5-11)2-7(10(8)14)4-9(12)13/h2-3,14H,4H2,1H3,(H,12,13). The van der Waals surface area contributed by atoms with Crippen LogP contribution in [0.5, 0.6) is 11.5 Å². The van der Waals surface area contributed by atoms with E-state index in [4.69, 9.17) is 15.1 Å². The molecule has 1 aromatic rings. The summed E-state index contributed by atoms with van der Waals surface area (Å²) in [6, 6.07) is 4.53. The minimum absolute atomic E-state index is 0.102. The van der Waals surface area contributed by atoms with E-state index >= 15 is 0 Å². The van der Waals surface area contributed by atoms with Crippen LogP contribution in [0.1, 0.15) is 11.1 Å². The summed E-state index contributed by atoms with van der Waals surface area (Å²) in [5.41, 5.74) is 0.416. The van der Waals surface area contributed by atoms with Gasteiger partial charge >= 0.3 is 5.97 Å². The summed E-state index contributed by atoms with van der Waals surface area (Å²) in [6.07, 6.45) is -0.349. The lowest BCUT2D eigenvalue weighted by Gasteiger charge is -2.07. The molecule has 1 aromatic carbocycles.